The van der Waals surface area contributed by atoms with E-state index in [1.165, 1.54) is 12.1 Å². The Morgan fingerprint density at radius 1 is 0.920 bits per heavy atom. The molecule has 25 heavy (non-hydrogen) atoms. The Bertz CT molecular complexity index is 1140. The summed E-state index contributed by atoms with van der Waals surface area (Å²) in [6.07, 6.45) is -1.20. The largest absolute Gasteiger partial charge is 0.416 e. The second-order valence-electron chi connectivity index (χ2n) is 5.55. The number of aromatic amines is 1. The zero-order valence-corrected chi connectivity index (χ0v) is 12.6. The predicted molar refractivity (Wildman–Crippen MR) is 86.5 cm³/mol. The fourth-order valence-electron chi connectivity index (χ4n) is 2.75. The highest BCUT2D eigenvalue weighted by Crippen LogP contribution is 2.32. The fourth-order valence-corrected chi connectivity index (χ4v) is 2.75. The Hall–Kier alpha value is -3.40. The van der Waals surface area contributed by atoms with E-state index in [4.69, 9.17) is 5.26 Å². The Morgan fingerprint density at radius 2 is 1.68 bits per heavy atom. The van der Waals surface area contributed by atoms with Gasteiger partial charge in [0.05, 0.1) is 17.3 Å². The van der Waals surface area contributed by atoms with Crippen LogP contribution in [0.2, 0.25) is 0 Å². The summed E-state index contributed by atoms with van der Waals surface area (Å²) in [4.78, 5) is 11.4. The summed E-state index contributed by atoms with van der Waals surface area (Å²) >= 11 is 0. The van der Waals surface area contributed by atoms with E-state index < -0.39 is 11.7 Å². The van der Waals surface area contributed by atoms with E-state index in [2.05, 4.69) is 15.0 Å². The van der Waals surface area contributed by atoms with Crippen molar-refractivity contribution in [1.82, 2.24) is 15.0 Å². The summed E-state index contributed by atoms with van der Waals surface area (Å²) in [6, 6.07) is 10.4. The third-order valence-corrected chi connectivity index (χ3v) is 4.00. The predicted octanol–water partition coefficient (Wildman–Crippen LogP) is 4.67. The number of rotatable bonds is 1. The van der Waals surface area contributed by atoms with Crippen LogP contribution in [0.5, 0.6) is 0 Å². The highest BCUT2D eigenvalue weighted by Gasteiger charge is 2.29. The standard InChI is InChI=1S/C18H9F3N4/c19-18(20,21)12-3-1-10(2-4-12)11-5-15-14-6-13(7-22)23-9-16(14)25-17(15)24-8-11/h1-6,8-9H,(H,24,25). The number of benzene rings is 1. The molecule has 3 aromatic heterocycles. The van der Waals surface area contributed by atoms with Gasteiger partial charge in [0, 0.05) is 22.5 Å². The van der Waals surface area contributed by atoms with Gasteiger partial charge in [0.15, 0.2) is 0 Å². The van der Waals surface area contributed by atoms with Crippen molar-refractivity contribution in [2.45, 2.75) is 6.18 Å². The summed E-state index contributed by atoms with van der Waals surface area (Å²) in [5.41, 5.74) is 2.29. The molecule has 3 heterocycles. The molecule has 0 aliphatic carbocycles. The number of alkyl halides is 3. The highest BCUT2D eigenvalue weighted by molar-refractivity contribution is 6.06. The summed E-state index contributed by atoms with van der Waals surface area (Å²) in [6.45, 7) is 0. The first-order valence-electron chi connectivity index (χ1n) is 7.31. The Balaban J connectivity index is 1.85. The first kappa shape index (κ1) is 15.1. The molecule has 7 heteroatoms. The molecule has 1 aromatic carbocycles. The lowest BCUT2D eigenvalue weighted by Crippen LogP contribution is -2.03. The van der Waals surface area contributed by atoms with E-state index in [1.54, 1.807) is 18.5 Å². The molecule has 0 unspecified atom stereocenters. The summed E-state index contributed by atoms with van der Waals surface area (Å²) < 4.78 is 38.1. The SMILES string of the molecule is N#Cc1cc2c(cn1)[nH]c1ncc(-c3ccc(C(F)(F)F)cc3)cc12. The van der Waals surface area contributed by atoms with Crippen molar-refractivity contribution in [2.24, 2.45) is 0 Å². The van der Waals surface area contributed by atoms with Crippen molar-refractivity contribution in [3.63, 3.8) is 0 Å². The molecule has 0 aliphatic heterocycles. The van der Waals surface area contributed by atoms with Gasteiger partial charge in [-0.1, -0.05) is 12.1 Å². The van der Waals surface area contributed by atoms with Crippen LogP contribution in [0.25, 0.3) is 33.1 Å². The average Bonchev–Trinajstić information content (AvgIpc) is 2.98. The quantitative estimate of drug-likeness (QED) is 0.548. The van der Waals surface area contributed by atoms with E-state index in [0.717, 1.165) is 28.4 Å². The van der Waals surface area contributed by atoms with Crippen LogP contribution in [-0.2, 0) is 6.18 Å². The molecular formula is C18H9F3N4. The number of aromatic nitrogens is 3. The summed E-state index contributed by atoms with van der Waals surface area (Å²) in [5.74, 6) is 0. The van der Waals surface area contributed by atoms with Crippen molar-refractivity contribution >= 4 is 21.9 Å². The van der Waals surface area contributed by atoms with Gasteiger partial charge in [0.25, 0.3) is 0 Å². The molecule has 1 N–H and O–H groups in total. The molecule has 0 atom stereocenters. The smallest absolute Gasteiger partial charge is 0.338 e. The van der Waals surface area contributed by atoms with Gasteiger partial charge in [0.1, 0.15) is 17.4 Å². The number of halogens is 3. The van der Waals surface area contributed by atoms with Crippen LogP contribution in [0.1, 0.15) is 11.3 Å². The molecule has 0 radical (unpaired) electrons. The van der Waals surface area contributed by atoms with Gasteiger partial charge in [-0.25, -0.2) is 9.97 Å². The van der Waals surface area contributed by atoms with Gasteiger partial charge in [-0.05, 0) is 29.8 Å². The van der Waals surface area contributed by atoms with Gasteiger partial charge in [-0.3, -0.25) is 0 Å². The van der Waals surface area contributed by atoms with E-state index in [9.17, 15) is 13.2 Å². The maximum Gasteiger partial charge on any atom is 0.416 e. The molecular weight excluding hydrogens is 329 g/mol. The third kappa shape index (κ3) is 2.58. The number of nitriles is 1. The van der Waals surface area contributed by atoms with Crippen molar-refractivity contribution in [3.05, 3.63) is 60.0 Å². The van der Waals surface area contributed by atoms with Crippen LogP contribution >= 0.6 is 0 Å². The number of fused-ring (bicyclic) bond motifs is 3. The fraction of sp³-hybridized carbons (Fsp3) is 0.0556. The summed E-state index contributed by atoms with van der Waals surface area (Å²) in [5, 5.41) is 10.6. The van der Waals surface area contributed by atoms with Crippen LogP contribution in [0, 0.1) is 11.3 Å². The molecule has 0 saturated heterocycles. The van der Waals surface area contributed by atoms with Crippen LogP contribution in [0.15, 0.2) is 48.8 Å². The minimum absolute atomic E-state index is 0.285. The van der Waals surface area contributed by atoms with E-state index in [0.29, 0.717) is 16.8 Å². The van der Waals surface area contributed by atoms with Crippen molar-refractivity contribution < 1.29 is 13.2 Å². The van der Waals surface area contributed by atoms with Gasteiger partial charge in [-0.2, -0.15) is 18.4 Å². The maximum atomic E-state index is 12.7. The minimum Gasteiger partial charge on any atom is -0.338 e. The molecule has 0 fully saturated rings. The van der Waals surface area contributed by atoms with Crippen molar-refractivity contribution in [2.75, 3.05) is 0 Å². The molecule has 0 saturated carbocycles. The number of hydrogen-bond acceptors (Lipinski definition) is 3. The summed E-state index contributed by atoms with van der Waals surface area (Å²) in [7, 11) is 0. The Labute approximate surface area is 139 Å². The number of nitrogens with zero attached hydrogens (tertiary/aromatic N) is 3. The molecule has 0 aliphatic rings. The minimum atomic E-state index is -4.36. The molecule has 0 amide bonds. The Morgan fingerprint density at radius 3 is 2.36 bits per heavy atom. The molecule has 4 nitrogen and oxygen atoms in total. The van der Waals surface area contributed by atoms with Crippen LogP contribution in [0.4, 0.5) is 13.2 Å². The first-order chi connectivity index (χ1) is 12.0. The van der Waals surface area contributed by atoms with Gasteiger partial charge >= 0.3 is 6.18 Å². The molecule has 122 valence electrons. The lowest BCUT2D eigenvalue weighted by atomic mass is 10.0. The zero-order valence-electron chi connectivity index (χ0n) is 12.6. The van der Waals surface area contributed by atoms with Crippen molar-refractivity contribution in [1.29, 1.82) is 5.26 Å². The zero-order chi connectivity index (χ0) is 17.6. The third-order valence-electron chi connectivity index (χ3n) is 4.00. The molecule has 4 rings (SSSR count). The second-order valence-corrected chi connectivity index (χ2v) is 5.55. The maximum absolute atomic E-state index is 12.7. The number of H-pyrrole nitrogens is 1. The van der Waals surface area contributed by atoms with Crippen molar-refractivity contribution in [3.8, 4) is 17.2 Å². The topological polar surface area (TPSA) is 65.4 Å². The van der Waals surface area contributed by atoms with Gasteiger partial charge < -0.3 is 4.98 Å². The monoisotopic (exact) mass is 338 g/mol. The number of hydrogen-bond donors (Lipinski definition) is 1. The number of nitrogens with one attached hydrogen (secondary N) is 1. The van der Waals surface area contributed by atoms with E-state index in [1.807, 2.05) is 12.1 Å². The highest BCUT2D eigenvalue weighted by atomic mass is 19.4. The first-order valence-corrected chi connectivity index (χ1v) is 7.31. The second kappa shape index (κ2) is 5.31. The lowest BCUT2D eigenvalue weighted by molar-refractivity contribution is -0.137. The van der Waals surface area contributed by atoms with E-state index >= 15 is 0 Å². The molecule has 0 spiro atoms. The van der Waals surface area contributed by atoms with Crippen LogP contribution in [0.3, 0.4) is 0 Å². The van der Waals surface area contributed by atoms with Gasteiger partial charge in [-0.15, -0.1) is 0 Å². The Kier molecular flexibility index (Phi) is 3.22. The van der Waals surface area contributed by atoms with E-state index in [-0.39, 0.29) is 5.69 Å². The average molecular weight is 338 g/mol. The molecule has 0 bridgehead atoms. The number of pyridine rings is 2. The molecule has 4 aromatic rings. The lowest BCUT2D eigenvalue weighted by Gasteiger charge is -2.07. The normalized spacial score (nSPS) is 11.8. The van der Waals surface area contributed by atoms with Crippen LogP contribution < -0.4 is 0 Å². The van der Waals surface area contributed by atoms with Crippen LogP contribution in [-0.4, -0.2) is 15.0 Å². The van der Waals surface area contributed by atoms with Gasteiger partial charge in [0.2, 0.25) is 0 Å².